The van der Waals surface area contributed by atoms with Crippen LogP contribution < -0.4 is 10.1 Å². The maximum Gasteiger partial charge on any atom is 0.337 e. The van der Waals surface area contributed by atoms with Gasteiger partial charge in [0.25, 0.3) is 0 Å². The molecule has 4 rings (SSSR count). The minimum absolute atomic E-state index is 0.111. The first-order valence-electron chi connectivity index (χ1n) is 9.79. The number of benzene rings is 2. The van der Waals surface area contributed by atoms with Crippen LogP contribution in [0.4, 0.5) is 11.5 Å². The van der Waals surface area contributed by atoms with Crippen molar-refractivity contribution in [2.24, 2.45) is 0 Å². The van der Waals surface area contributed by atoms with E-state index in [2.05, 4.69) is 10.3 Å². The third-order valence-corrected chi connectivity index (χ3v) is 5.78. The van der Waals surface area contributed by atoms with Crippen LogP contribution in [0.1, 0.15) is 28.5 Å². The highest BCUT2D eigenvalue weighted by Gasteiger charge is 2.24. The maximum absolute atomic E-state index is 11.9. The number of carboxylic acid groups (broad SMARTS) is 1. The number of para-hydroxylation sites is 1. The van der Waals surface area contributed by atoms with Crippen molar-refractivity contribution >= 4 is 28.8 Å². The van der Waals surface area contributed by atoms with E-state index >= 15 is 0 Å². The van der Waals surface area contributed by atoms with Crippen LogP contribution in [0.2, 0.25) is 0 Å². The van der Waals surface area contributed by atoms with Crippen LogP contribution in [0.5, 0.6) is 5.75 Å². The van der Waals surface area contributed by atoms with Gasteiger partial charge < -0.3 is 15.2 Å². The summed E-state index contributed by atoms with van der Waals surface area (Å²) in [5.41, 5.74) is 4.27. The molecule has 0 amide bonds. The van der Waals surface area contributed by atoms with Gasteiger partial charge in [0.2, 0.25) is 0 Å². The smallest absolute Gasteiger partial charge is 0.337 e. The summed E-state index contributed by atoms with van der Waals surface area (Å²) in [6.07, 6.45) is 2.46. The van der Waals surface area contributed by atoms with Gasteiger partial charge in [0.15, 0.2) is 0 Å². The Morgan fingerprint density at radius 3 is 2.71 bits per heavy atom. The number of carboxylic acids is 1. The molecule has 2 aromatic carbocycles. The molecule has 31 heavy (non-hydrogen) atoms. The Labute approximate surface area is 184 Å². The summed E-state index contributed by atoms with van der Waals surface area (Å²) in [7, 11) is 1.51. The van der Waals surface area contributed by atoms with E-state index < -0.39 is 5.97 Å². The minimum atomic E-state index is -1.05. The number of nitrogens with zero attached hydrogens (tertiary/aromatic N) is 3. The zero-order valence-corrected chi connectivity index (χ0v) is 18.2. The van der Waals surface area contributed by atoms with E-state index in [1.807, 2.05) is 48.2 Å². The fourth-order valence-electron chi connectivity index (χ4n) is 3.44. The summed E-state index contributed by atoms with van der Waals surface area (Å²) in [4.78, 5) is 16.4. The predicted octanol–water partition coefficient (Wildman–Crippen LogP) is 5.32. The van der Waals surface area contributed by atoms with Crippen LogP contribution in [0.15, 0.2) is 54.0 Å². The Morgan fingerprint density at radius 1 is 1.26 bits per heavy atom. The number of nitrogens with one attached hydrogen (secondary N) is 1. The van der Waals surface area contributed by atoms with Gasteiger partial charge in [0, 0.05) is 11.6 Å². The van der Waals surface area contributed by atoms with Crippen LogP contribution >= 0.6 is 11.3 Å². The lowest BCUT2D eigenvalue weighted by atomic mass is 10.1. The summed E-state index contributed by atoms with van der Waals surface area (Å²) in [5, 5.41) is 20.7. The molecule has 0 fully saturated rings. The quantitative estimate of drug-likeness (QED) is 0.409. The first-order valence-corrected chi connectivity index (χ1v) is 10.7. The fourth-order valence-corrected chi connectivity index (χ4v) is 4.14. The van der Waals surface area contributed by atoms with Crippen molar-refractivity contribution in [1.29, 1.82) is 0 Å². The van der Waals surface area contributed by atoms with Gasteiger partial charge in [0.05, 0.1) is 35.3 Å². The average Bonchev–Trinajstić information content (AvgIpc) is 3.42. The fraction of sp³-hybridized carbons (Fsp3) is 0.174. The molecule has 0 atom stereocenters. The Bertz CT molecular complexity index is 1230. The van der Waals surface area contributed by atoms with Gasteiger partial charge in [-0.25, -0.2) is 14.5 Å². The zero-order chi connectivity index (χ0) is 22.0. The highest BCUT2D eigenvalue weighted by molar-refractivity contribution is 7.13. The second kappa shape index (κ2) is 8.61. The van der Waals surface area contributed by atoms with E-state index in [0.29, 0.717) is 23.7 Å². The van der Waals surface area contributed by atoms with E-state index in [4.69, 9.17) is 9.84 Å². The van der Waals surface area contributed by atoms with Crippen molar-refractivity contribution in [3.63, 3.8) is 0 Å². The second-order valence-corrected chi connectivity index (χ2v) is 7.80. The molecule has 8 heteroatoms. The Morgan fingerprint density at radius 2 is 2.06 bits per heavy atom. The molecule has 0 radical (unpaired) electrons. The molecule has 2 heterocycles. The molecule has 4 aromatic rings. The van der Waals surface area contributed by atoms with Gasteiger partial charge in [-0.3, -0.25) is 0 Å². The van der Waals surface area contributed by atoms with E-state index in [9.17, 15) is 9.90 Å². The standard InChI is InChI=1S/C23H22N4O3S/c1-4-17-20(22-24-11-12-31-22)21(27(26-17)19-8-6-5-7-14(19)2)25-18-10-9-15(30-3)13-16(18)23(28)29/h5-13,25H,4H2,1-3H3,(H,28,29). The third kappa shape index (κ3) is 3.89. The van der Waals surface area contributed by atoms with Crippen molar-refractivity contribution in [2.75, 3.05) is 12.4 Å². The summed E-state index contributed by atoms with van der Waals surface area (Å²) in [6, 6.07) is 12.9. The number of carbonyl (C=O) groups is 1. The SMILES string of the molecule is CCc1nn(-c2ccccc2C)c(Nc2ccc(OC)cc2C(=O)O)c1-c1nccs1. The number of rotatable bonds is 7. The molecule has 2 aromatic heterocycles. The van der Waals surface area contributed by atoms with E-state index in [-0.39, 0.29) is 5.56 Å². The van der Waals surface area contributed by atoms with Gasteiger partial charge in [-0.15, -0.1) is 11.3 Å². The van der Waals surface area contributed by atoms with Gasteiger partial charge in [-0.2, -0.15) is 5.10 Å². The first-order chi connectivity index (χ1) is 15.0. The number of hydrogen-bond donors (Lipinski definition) is 2. The van der Waals surface area contributed by atoms with Crippen LogP contribution in [-0.4, -0.2) is 33.0 Å². The molecule has 0 aliphatic carbocycles. The van der Waals surface area contributed by atoms with Gasteiger partial charge in [0.1, 0.15) is 16.6 Å². The topological polar surface area (TPSA) is 89.3 Å². The van der Waals surface area contributed by atoms with Gasteiger partial charge in [-0.1, -0.05) is 25.1 Å². The number of aromatic carboxylic acids is 1. The highest BCUT2D eigenvalue weighted by atomic mass is 32.1. The Balaban J connectivity index is 1.95. The molecule has 158 valence electrons. The van der Waals surface area contributed by atoms with Crippen LogP contribution in [0.3, 0.4) is 0 Å². The number of aryl methyl sites for hydroxylation is 2. The molecule has 0 saturated carbocycles. The number of anilines is 2. The number of thiazole rings is 1. The molecular formula is C23H22N4O3S. The summed E-state index contributed by atoms with van der Waals surface area (Å²) in [5.74, 6) is 0.105. The molecule has 2 N–H and O–H groups in total. The summed E-state index contributed by atoms with van der Waals surface area (Å²) < 4.78 is 7.04. The molecule has 7 nitrogen and oxygen atoms in total. The van der Waals surface area contributed by atoms with E-state index in [1.165, 1.54) is 24.5 Å². The van der Waals surface area contributed by atoms with Crippen LogP contribution in [0, 0.1) is 6.92 Å². The predicted molar refractivity (Wildman–Crippen MR) is 122 cm³/mol. The van der Waals surface area contributed by atoms with E-state index in [0.717, 1.165) is 27.5 Å². The van der Waals surface area contributed by atoms with Crippen molar-refractivity contribution in [1.82, 2.24) is 14.8 Å². The number of ether oxygens (including phenoxy) is 1. The van der Waals surface area contributed by atoms with Crippen molar-refractivity contribution in [3.8, 4) is 22.0 Å². The lowest BCUT2D eigenvalue weighted by molar-refractivity contribution is 0.0697. The molecule has 0 bridgehead atoms. The van der Waals surface area contributed by atoms with Crippen molar-refractivity contribution < 1.29 is 14.6 Å². The minimum Gasteiger partial charge on any atom is -0.497 e. The number of aromatic nitrogens is 3. The normalized spacial score (nSPS) is 10.8. The maximum atomic E-state index is 11.9. The molecule has 0 aliphatic heterocycles. The summed E-state index contributed by atoms with van der Waals surface area (Å²) in [6.45, 7) is 4.06. The van der Waals surface area contributed by atoms with Gasteiger partial charge >= 0.3 is 5.97 Å². The van der Waals surface area contributed by atoms with Crippen molar-refractivity contribution in [3.05, 3.63) is 70.9 Å². The first kappa shape index (κ1) is 20.6. The lowest BCUT2D eigenvalue weighted by Crippen LogP contribution is -2.08. The Kier molecular flexibility index (Phi) is 5.73. The molecule has 0 aliphatic rings. The van der Waals surface area contributed by atoms with Crippen LogP contribution in [-0.2, 0) is 6.42 Å². The third-order valence-electron chi connectivity index (χ3n) is 4.99. The number of hydrogen-bond acceptors (Lipinski definition) is 6. The lowest BCUT2D eigenvalue weighted by Gasteiger charge is -2.15. The van der Waals surface area contributed by atoms with E-state index in [1.54, 1.807) is 18.3 Å². The Hall–Kier alpha value is -3.65. The largest absolute Gasteiger partial charge is 0.497 e. The second-order valence-electron chi connectivity index (χ2n) is 6.90. The molecule has 0 unspecified atom stereocenters. The van der Waals surface area contributed by atoms with Gasteiger partial charge in [-0.05, 0) is 43.2 Å². The average molecular weight is 435 g/mol. The molecule has 0 spiro atoms. The monoisotopic (exact) mass is 434 g/mol. The van der Waals surface area contributed by atoms with Crippen LogP contribution in [0.25, 0.3) is 16.3 Å². The summed E-state index contributed by atoms with van der Waals surface area (Å²) >= 11 is 1.52. The molecular weight excluding hydrogens is 412 g/mol. The number of methoxy groups -OCH3 is 1. The highest BCUT2D eigenvalue weighted by Crippen LogP contribution is 2.38. The molecule has 0 saturated heterocycles. The zero-order valence-electron chi connectivity index (χ0n) is 17.4. The van der Waals surface area contributed by atoms with Crippen molar-refractivity contribution in [2.45, 2.75) is 20.3 Å².